The summed E-state index contributed by atoms with van der Waals surface area (Å²) < 4.78 is 37.9. The van der Waals surface area contributed by atoms with Gasteiger partial charge in [0.2, 0.25) is 6.29 Å². The molecule has 0 bridgehead atoms. The van der Waals surface area contributed by atoms with Crippen molar-refractivity contribution in [2.45, 2.75) is 89.4 Å². The minimum atomic E-state index is -1.96. The first kappa shape index (κ1) is 33.9. The highest BCUT2D eigenvalue weighted by Crippen LogP contribution is 2.36. The molecule has 0 amide bonds. The highest BCUT2D eigenvalue weighted by molar-refractivity contribution is 6.74. The molecule has 8 heteroatoms. The van der Waals surface area contributed by atoms with Gasteiger partial charge in [-0.3, -0.25) is 0 Å². The van der Waals surface area contributed by atoms with Crippen molar-refractivity contribution in [3.05, 3.63) is 108 Å². The van der Waals surface area contributed by atoms with E-state index in [-0.39, 0.29) is 18.3 Å². The number of ether oxygens (including phenoxy) is 5. The summed E-state index contributed by atoms with van der Waals surface area (Å²) in [5, 5.41) is 10.5. The highest BCUT2D eigenvalue weighted by atomic mass is 28.4. The summed E-state index contributed by atoms with van der Waals surface area (Å²) in [4.78, 5) is 0. The SMILES string of the molecule is CC(C)(C)[Si](C)(C)OCC#CO[C@H]1O[C@H](CO)[C@H](OCc2ccccc2)[C@H](OCc2ccccc2)[C@H]1OCc1ccccc1. The molecule has 3 aromatic rings. The van der Waals surface area contributed by atoms with Crippen LogP contribution in [0.2, 0.25) is 18.1 Å². The van der Waals surface area contributed by atoms with Crippen molar-refractivity contribution in [3.8, 4) is 12.0 Å². The Labute approximate surface area is 263 Å². The van der Waals surface area contributed by atoms with Gasteiger partial charge in [-0.15, -0.1) is 0 Å². The van der Waals surface area contributed by atoms with Crippen molar-refractivity contribution >= 4 is 8.32 Å². The quantitative estimate of drug-likeness (QED) is 0.174. The van der Waals surface area contributed by atoms with E-state index in [1.807, 2.05) is 91.0 Å². The maximum atomic E-state index is 10.4. The van der Waals surface area contributed by atoms with Crippen LogP contribution in [-0.2, 0) is 47.9 Å². The normalized spacial score (nSPS) is 22.2. The van der Waals surface area contributed by atoms with Crippen molar-refractivity contribution in [1.29, 1.82) is 0 Å². The van der Waals surface area contributed by atoms with Gasteiger partial charge in [-0.2, -0.15) is 0 Å². The van der Waals surface area contributed by atoms with Crippen molar-refractivity contribution in [2.24, 2.45) is 0 Å². The summed E-state index contributed by atoms with van der Waals surface area (Å²) in [6.45, 7) is 11.8. The van der Waals surface area contributed by atoms with E-state index in [2.05, 4.69) is 45.9 Å². The van der Waals surface area contributed by atoms with Crippen LogP contribution in [-0.4, -0.2) is 57.3 Å². The lowest BCUT2D eigenvalue weighted by atomic mass is 9.98. The van der Waals surface area contributed by atoms with E-state index in [0.29, 0.717) is 19.8 Å². The lowest BCUT2D eigenvalue weighted by Gasteiger charge is -2.44. The summed E-state index contributed by atoms with van der Waals surface area (Å²) >= 11 is 0. The number of rotatable bonds is 13. The minimum absolute atomic E-state index is 0.0742. The molecule has 1 saturated heterocycles. The largest absolute Gasteiger partial charge is 0.411 e. The number of aliphatic hydroxyl groups is 1. The molecule has 0 radical (unpaired) electrons. The number of aliphatic hydroxyl groups excluding tert-OH is 1. The average molecular weight is 619 g/mol. The minimum Gasteiger partial charge on any atom is -0.411 e. The van der Waals surface area contributed by atoms with Crippen molar-refractivity contribution in [1.82, 2.24) is 0 Å². The number of benzene rings is 3. The number of hydrogen-bond acceptors (Lipinski definition) is 7. The molecule has 0 unspecified atom stereocenters. The van der Waals surface area contributed by atoms with Crippen molar-refractivity contribution < 1.29 is 33.2 Å². The fraction of sp³-hybridized carbons (Fsp3) is 0.444. The lowest BCUT2D eigenvalue weighted by Crippen LogP contribution is -2.61. The molecule has 4 rings (SSSR count). The topological polar surface area (TPSA) is 75.6 Å². The Morgan fingerprint density at radius 1 is 0.705 bits per heavy atom. The van der Waals surface area contributed by atoms with E-state index < -0.39 is 39.0 Å². The first-order valence-corrected chi connectivity index (χ1v) is 18.1. The molecule has 0 saturated carbocycles. The second-order valence-electron chi connectivity index (χ2n) is 12.5. The van der Waals surface area contributed by atoms with Gasteiger partial charge in [0.05, 0.1) is 33.0 Å². The highest BCUT2D eigenvalue weighted by Gasteiger charge is 2.49. The zero-order chi connectivity index (χ0) is 31.4. The fourth-order valence-corrected chi connectivity index (χ4v) is 5.42. The van der Waals surface area contributed by atoms with Gasteiger partial charge in [-0.05, 0) is 40.7 Å². The maximum absolute atomic E-state index is 10.4. The van der Waals surface area contributed by atoms with Crippen LogP contribution in [0.15, 0.2) is 91.0 Å². The Hall–Kier alpha value is -3.00. The molecule has 1 heterocycles. The third kappa shape index (κ3) is 9.75. The van der Waals surface area contributed by atoms with Crippen LogP contribution in [0, 0.1) is 12.0 Å². The third-order valence-electron chi connectivity index (χ3n) is 8.19. The van der Waals surface area contributed by atoms with E-state index in [9.17, 15) is 5.11 Å². The summed E-state index contributed by atoms with van der Waals surface area (Å²) in [5.41, 5.74) is 3.00. The van der Waals surface area contributed by atoms with Gasteiger partial charge in [0.15, 0.2) is 8.32 Å². The Bertz CT molecular complexity index is 1300. The molecule has 236 valence electrons. The molecule has 1 aliphatic heterocycles. The maximum Gasteiger partial charge on any atom is 0.239 e. The zero-order valence-electron chi connectivity index (χ0n) is 26.5. The van der Waals surface area contributed by atoms with Gasteiger partial charge in [-0.25, -0.2) is 0 Å². The molecule has 5 atom stereocenters. The van der Waals surface area contributed by atoms with Crippen LogP contribution in [0.3, 0.4) is 0 Å². The second-order valence-corrected chi connectivity index (χ2v) is 17.3. The van der Waals surface area contributed by atoms with E-state index in [1.165, 1.54) is 0 Å². The molecule has 0 aliphatic carbocycles. The van der Waals surface area contributed by atoms with E-state index in [0.717, 1.165) is 16.7 Å². The molecule has 7 nitrogen and oxygen atoms in total. The molecule has 1 N–H and O–H groups in total. The second kappa shape index (κ2) is 16.3. The smallest absolute Gasteiger partial charge is 0.239 e. The van der Waals surface area contributed by atoms with Gasteiger partial charge >= 0.3 is 0 Å². The third-order valence-corrected chi connectivity index (χ3v) is 12.7. The molecule has 0 aromatic heterocycles. The summed E-state index contributed by atoms with van der Waals surface area (Å²) in [5.74, 6) is 2.99. The van der Waals surface area contributed by atoms with Gasteiger partial charge in [0.1, 0.15) is 30.5 Å². The predicted octanol–water partition coefficient (Wildman–Crippen LogP) is 6.46. The van der Waals surface area contributed by atoms with E-state index in [1.54, 1.807) is 0 Å². The monoisotopic (exact) mass is 618 g/mol. The molecule has 0 spiro atoms. The summed E-state index contributed by atoms with van der Waals surface area (Å²) in [6.07, 6.45) is -0.868. The Balaban J connectivity index is 1.58. The zero-order valence-corrected chi connectivity index (χ0v) is 27.5. The standard InChI is InChI=1S/C36H46O7Si/c1-36(2,3)44(4,5)42-23-15-22-38-35-34(41-27-30-20-13-8-14-21-30)33(40-26-29-18-11-7-12-19-29)32(31(24-37)43-35)39-25-28-16-9-6-10-17-28/h6-14,16-21,31-35,37H,23-27H2,1-5H3/t31-,32+,33+,34-,35+/m1/s1. The lowest BCUT2D eigenvalue weighted by molar-refractivity contribution is -0.313. The molecule has 1 aliphatic rings. The molecular weight excluding hydrogens is 572 g/mol. The fourth-order valence-electron chi connectivity index (χ4n) is 4.55. The van der Waals surface area contributed by atoms with Crippen LogP contribution >= 0.6 is 0 Å². The Morgan fingerprint density at radius 2 is 1.16 bits per heavy atom. The van der Waals surface area contributed by atoms with Crippen molar-refractivity contribution in [3.63, 3.8) is 0 Å². The summed E-state index contributed by atoms with van der Waals surface area (Å²) in [6, 6.07) is 29.7. The van der Waals surface area contributed by atoms with Gasteiger partial charge in [-0.1, -0.05) is 112 Å². The number of hydrogen-bond donors (Lipinski definition) is 1. The van der Waals surface area contributed by atoms with E-state index in [4.69, 9.17) is 28.1 Å². The van der Waals surface area contributed by atoms with Gasteiger partial charge in [0.25, 0.3) is 0 Å². The molecule has 1 fully saturated rings. The Kier molecular flexibility index (Phi) is 12.6. The van der Waals surface area contributed by atoms with Crippen LogP contribution < -0.4 is 0 Å². The molecular formula is C36H46O7Si. The first-order chi connectivity index (χ1) is 21.2. The Morgan fingerprint density at radius 3 is 1.61 bits per heavy atom. The van der Waals surface area contributed by atoms with Crippen molar-refractivity contribution in [2.75, 3.05) is 13.2 Å². The van der Waals surface area contributed by atoms with Crippen LogP contribution in [0.4, 0.5) is 0 Å². The molecule has 44 heavy (non-hydrogen) atoms. The van der Waals surface area contributed by atoms with Crippen LogP contribution in [0.1, 0.15) is 37.5 Å². The van der Waals surface area contributed by atoms with Gasteiger partial charge < -0.3 is 33.2 Å². The van der Waals surface area contributed by atoms with Crippen LogP contribution in [0.25, 0.3) is 0 Å². The molecule has 3 aromatic carbocycles. The average Bonchev–Trinajstić information content (AvgIpc) is 3.02. The summed E-state index contributed by atoms with van der Waals surface area (Å²) in [7, 11) is -1.96. The predicted molar refractivity (Wildman–Crippen MR) is 173 cm³/mol. The van der Waals surface area contributed by atoms with E-state index >= 15 is 0 Å². The van der Waals surface area contributed by atoms with Crippen LogP contribution in [0.5, 0.6) is 0 Å². The van der Waals surface area contributed by atoms with Gasteiger partial charge in [0, 0.05) is 0 Å². The first-order valence-electron chi connectivity index (χ1n) is 15.2.